The van der Waals surface area contributed by atoms with E-state index in [2.05, 4.69) is 26.4 Å². The zero-order valence-electron chi connectivity index (χ0n) is 10.1. The molecule has 2 aromatic rings. The average molecular weight is 246 g/mol. The van der Waals surface area contributed by atoms with Gasteiger partial charge in [0.15, 0.2) is 0 Å². The van der Waals surface area contributed by atoms with Crippen molar-refractivity contribution in [3.8, 4) is 0 Å². The molecule has 94 valence electrons. The molecular weight excluding hydrogens is 232 g/mol. The van der Waals surface area contributed by atoms with Crippen molar-refractivity contribution < 1.29 is 9.90 Å². The van der Waals surface area contributed by atoms with Crippen molar-refractivity contribution in [3.05, 3.63) is 24.3 Å². The van der Waals surface area contributed by atoms with Crippen LogP contribution in [0.3, 0.4) is 0 Å². The topological polar surface area (TPSA) is 71.2 Å². The van der Waals surface area contributed by atoms with Crippen molar-refractivity contribution >= 4 is 17.0 Å². The minimum atomic E-state index is -1.01. The number of nitrogens with zero attached hydrogens (tertiary/aromatic N) is 4. The second-order valence-corrected chi connectivity index (χ2v) is 4.52. The summed E-state index contributed by atoms with van der Waals surface area (Å²) in [4.78, 5) is 21.4. The van der Waals surface area contributed by atoms with Crippen LogP contribution < -0.4 is 0 Å². The van der Waals surface area contributed by atoms with Crippen LogP contribution in [0.1, 0.15) is 23.5 Å². The first kappa shape index (κ1) is 11.2. The van der Waals surface area contributed by atoms with Gasteiger partial charge in [-0.05, 0) is 12.6 Å². The minimum Gasteiger partial charge on any atom is -0.477 e. The highest BCUT2D eigenvalue weighted by Crippen LogP contribution is 2.25. The molecule has 18 heavy (non-hydrogen) atoms. The van der Waals surface area contributed by atoms with Crippen molar-refractivity contribution in [1.82, 2.24) is 19.4 Å². The number of aromatic carboxylic acids is 1. The highest BCUT2D eigenvalue weighted by molar-refractivity contribution is 5.89. The Morgan fingerprint density at radius 2 is 2.28 bits per heavy atom. The Morgan fingerprint density at radius 1 is 1.50 bits per heavy atom. The first-order chi connectivity index (χ1) is 8.69. The van der Waals surface area contributed by atoms with Gasteiger partial charge in [-0.25, -0.2) is 14.8 Å². The number of aromatic nitrogens is 3. The number of hydrogen-bond donors (Lipinski definition) is 1. The lowest BCUT2D eigenvalue weighted by Crippen LogP contribution is -2.47. The Bertz CT molecular complexity index is 601. The van der Waals surface area contributed by atoms with Crippen molar-refractivity contribution in [2.45, 2.75) is 13.0 Å². The van der Waals surface area contributed by atoms with E-state index in [4.69, 9.17) is 5.11 Å². The van der Waals surface area contributed by atoms with Gasteiger partial charge >= 0.3 is 5.97 Å². The van der Waals surface area contributed by atoms with E-state index in [1.54, 1.807) is 12.4 Å². The number of carbonyl (C=O) groups is 1. The number of imidazole rings is 1. The van der Waals surface area contributed by atoms with Gasteiger partial charge in [0.25, 0.3) is 0 Å². The summed E-state index contributed by atoms with van der Waals surface area (Å²) >= 11 is 0. The van der Waals surface area contributed by atoms with E-state index in [0.29, 0.717) is 6.04 Å². The van der Waals surface area contributed by atoms with Gasteiger partial charge < -0.3 is 9.67 Å². The molecule has 0 aliphatic carbocycles. The summed E-state index contributed by atoms with van der Waals surface area (Å²) in [5.74, 6) is -1.01. The molecular formula is C12H14N4O2. The molecule has 0 saturated carbocycles. The second kappa shape index (κ2) is 4.06. The number of rotatable bonds is 3. The fourth-order valence-electron chi connectivity index (χ4n) is 2.32. The van der Waals surface area contributed by atoms with Crippen molar-refractivity contribution in [1.29, 1.82) is 0 Å². The summed E-state index contributed by atoms with van der Waals surface area (Å²) in [6.45, 7) is 5.17. The molecule has 3 rings (SSSR count). The lowest BCUT2D eigenvalue weighted by Gasteiger charge is -2.39. The Hall–Kier alpha value is -1.95. The number of carboxylic acids is 1. The summed E-state index contributed by atoms with van der Waals surface area (Å²) < 4.78 is 2.05. The smallest absolute Gasteiger partial charge is 0.354 e. The fraction of sp³-hybridized carbons (Fsp3) is 0.417. The van der Waals surface area contributed by atoms with Crippen molar-refractivity contribution in [3.63, 3.8) is 0 Å². The molecule has 3 heterocycles. The highest BCUT2D eigenvalue weighted by Gasteiger charge is 2.27. The summed E-state index contributed by atoms with van der Waals surface area (Å²) in [5.41, 5.74) is 1.66. The van der Waals surface area contributed by atoms with E-state index in [1.165, 1.54) is 6.20 Å². The van der Waals surface area contributed by atoms with E-state index >= 15 is 0 Å². The fourth-order valence-corrected chi connectivity index (χ4v) is 2.32. The van der Waals surface area contributed by atoms with Gasteiger partial charge in [0.1, 0.15) is 11.2 Å². The Labute approximate surface area is 104 Å². The molecule has 1 aliphatic rings. The highest BCUT2D eigenvalue weighted by atomic mass is 16.4. The Kier molecular flexibility index (Phi) is 2.52. The van der Waals surface area contributed by atoms with Crippen LogP contribution in [0.4, 0.5) is 0 Å². The van der Waals surface area contributed by atoms with Crippen molar-refractivity contribution in [2.75, 3.05) is 19.6 Å². The van der Waals surface area contributed by atoms with Gasteiger partial charge in [0.2, 0.25) is 0 Å². The van der Waals surface area contributed by atoms with Crippen molar-refractivity contribution in [2.24, 2.45) is 0 Å². The first-order valence-electron chi connectivity index (χ1n) is 5.97. The van der Waals surface area contributed by atoms with E-state index in [9.17, 15) is 4.79 Å². The lowest BCUT2D eigenvalue weighted by molar-refractivity contribution is 0.0690. The second-order valence-electron chi connectivity index (χ2n) is 4.52. The third-order valence-corrected chi connectivity index (χ3v) is 3.46. The van der Waals surface area contributed by atoms with Gasteiger partial charge in [-0.3, -0.25) is 4.90 Å². The molecule has 0 amide bonds. The normalized spacial score (nSPS) is 16.9. The molecule has 2 aromatic heterocycles. The summed E-state index contributed by atoms with van der Waals surface area (Å²) in [6, 6.07) is 1.98. The van der Waals surface area contributed by atoms with Crippen LogP contribution in [0.2, 0.25) is 0 Å². The number of likely N-dealkylation sites (tertiary alicyclic amines) is 1. The van der Waals surface area contributed by atoms with E-state index in [1.807, 2.05) is 0 Å². The number of carboxylic acid groups (broad SMARTS) is 1. The third kappa shape index (κ3) is 1.65. The maximum Gasteiger partial charge on any atom is 0.354 e. The number of fused-ring (bicyclic) bond motifs is 1. The average Bonchev–Trinajstić information content (AvgIpc) is 2.71. The van der Waals surface area contributed by atoms with Crippen LogP contribution in [0, 0.1) is 0 Å². The van der Waals surface area contributed by atoms with Crippen LogP contribution in [0.15, 0.2) is 18.6 Å². The molecule has 0 bridgehead atoms. The van der Waals surface area contributed by atoms with Gasteiger partial charge in [-0.1, -0.05) is 6.92 Å². The molecule has 6 heteroatoms. The molecule has 0 radical (unpaired) electrons. The zero-order chi connectivity index (χ0) is 12.7. The molecule has 1 saturated heterocycles. The Morgan fingerprint density at radius 3 is 2.94 bits per heavy atom. The monoisotopic (exact) mass is 246 g/mol. The van der Waals surface area contributed by atoms with Crippen LogP contribution in [-0.4, -0.2) is 50.1 Å². The molecule has 6 nitrogen and oxygen atoms in total. The van der Waals surface area contributed by atoms with E-state index in [-0.39, 0.29) is 5.69 Å². The van der Waals surface area contributed by atoms with Crippen LogP contribution in [-0.2, 0) is 0 Å². The maximum atomic E-state index is 10.9. The van der Waals surface area contributed by atoms with Crippen LogP contribution in [0.5, 0.6) is 0 Å². The largest absolute Gasteiger partial charge is 0.477 e. The molecule has 0 aromatic carbocycles. The predicted octanol–water partition coefficient (Wildman–Crippen LogP) is 1.01. The Balaban J connectivity index is 1.97. The quantitative estimate of drug-likeness (QED) is 0.875. The molecule has 1 N–H and O–H groups in total. The summed E-state index contributed by atoms with van der Waals surface area (Å²) in [6.07, 6.45) is 3.29. The number of likely N-dealkylation sites (N-methyl/N-ethyl adjacent to an activating group) is 1. The molecule has 0 atom stereocenters. The van der Waals surface area contributed by atoms with E-state index < -0.39 is 5.97 Å². The number of pyridine rings is 1. The number of hydrogen-bond acceptors (Lipinski definition) is 4. The standard InChI is InChI=1S/C12H14N4O2/c1-2-15-5-8(6-15)16-7-14-10-4-13-9(12(17)18)3-11(10)16/h3-4,7-8H,2,5-6H2,1H3,(H,17,18). The molecule has 0 unspecified atom stereocenters. The first-order valence-corrected chi connectivity index (χ1v) is 5.97. The molecule has 1 aliphatic heterocycles. The maximum absolute atomic E-state index is 10.9. The summed E-state index contributed by atoms with van der Waals surface area (Å²) in [7, 11) is 0. The predicted molar refractivity (Wildman–Crippen MR) is 65.6 cm³/mol. The summed E-state index contributed by atoms with van der Waals surface area (Å²) in [5, 5.41) is 8.96. The van der Waals surface area contributed by atoms with Gasteiger partial charge in [-0.2, -0.15) is 0 Å². The SMILES string of the molecule is CCN1CC(n2cnc3cnc(C(=O)O)cc32)C1. The minimum absolute atomic E-state index is 0.0657. The lowest BCUT2D eigenvalue weighted by atomic mass is 10.1. The van der Waals surface area contributed by atoms with Gasteiger partial charge in [0.05, 0.1) is 24.1 Å². The van der Waals surface area contributed by atoms with Gasteiger partial charge in [0, 0.05) is 13.1 Å². The van der Waals surface area contributed by atoms with Crippen LogP contribution >= 0.6 is 0 Å². The molecule has 0 spiro atoms. The molecule has 1 fully saturated rings. The van der Waals surface area contributed by atoms with Crippen LogP contribution in [0.25, 0.3) is 11.0 Å². The third-order valence-electron chi connectivity index (χ3n) is 3.46. The zero-order valence-corrected chi connectivity index (χ0v) is 10.1. The van der Waals surface area contributed by atoms with E-state index in [0.717, 1.165) is 30.7 Å². The van der Waals surface area contributed by atoms with Gasteiger partial charge in [-0.15, -0.1) is 0 Å².